The Morgan fingerprint density at radius 2 is 1.70 bits per heavy atom. The van der Waals surface area contributed by atoms with Crippen molar-refractivity contribution >= 4 is 18.1 Å². The van der Waals surface area contributed by atoms with E-state index in [1.54, 1.807) is 0 Å². The van der Waals surface area contributed by atoms with Crippen molar-refractivity contribution in [1.82, 2.24) is 9.80 Å². The van der Waals surface area contributed by atoms with Gasteiger partial charge < -0.3 is 14.7 Å². The molecule has 2 fully saturated rings. The zero-order chi connectivity index (χ0) is 23.8. The Bertz CT molecular complexity index is 1040. The van der Waals surface area contributed by atoms with Crippen LogP contribution in [0.2, 0.25) is 0 Å². The van der Waals surface area contributed by atoms with Gasteiger partial charge >= 0.3 is 18.4 Å². The Morgan fingerprint density at radius 1 is 1.03 bits per heavy atom. The Balaban J connectivity index is 1.60. The molecular weight excluding hydrogens is 441 g/mol. The van der Waals surface area contributed by atoms with Crippen molar-refractivity contribution in [3.63, 3.8) is 0 Å². The lowest BCUT2D eigenvalue weighted by Crippen LogP contribution is -2.45. The molecule has 2 aromatic rings. The number of alkyl halides is 3. The number of rotatable bonds is 4. The highest BCUT2D eigenvalue weighted by Gasteiger charge is 2.47. The minimum absolute atomic E-state index is 0.0137. The first kappa shape index (κ1) is 22.6. The van der Waals surface area contributed by atoms with E-state index >= 15 is 0 Å². The quantitative estimate of drug-likeness (QED) is 0.743. The van der Waals surface area contributed by atoms with Gasteiger partial charge in [-0.1, -0.05) is 42.5 Å². The van der Waals surface area contributed by atoms with Crippen LogP contribution in [0.15, 0.2) is 54.6 Å². The van der Waals surface area contributed by atoms with Crippen LogP contribution < -0.4 is 0 Å². The molecule has 0 aromatic heterocycles. The fourth-order valence-electron chi connectivity index (χ4n) is 4.41. The van der Waals surface area contributed by atoms with Gasteiger partial charge in [-0.2, -0.15) is 13.2 Å². The van der Waals surface area contributed by atoms with E-state index in [2.05, 4.69) is 0 Å². The monoisotopic (exact) mass is 462 g/mol. The average molecular weight is 462 g/mol. The predicted molar refractivity (Wildman–Crippen MR) is 109 cm³/mol. The van der Waals surface area contributed by atoms with Gasteiger partial charge in [-0.05, 0) is 29.7 Å². The largest absolute Gasteiger partial charge is 0.465 e. The number of imide groups is 1. The Labute approximate surface area is 187 Å². The SMILES string of the molecule is O=C(O)N1C[C@@H](C(=O)N2C(=O)OC[C@H]2Cc2ccccc2)[C@H](c2ccc(C(F)(F)F)cc2)C1. The average Bonchev–Trinajstić information content (AvgIpc) is 3.38. The molecule has 4 rings (SSSR count). The first-order valence-corrected chi connectivity index (χ1v) is 10.3. The van der Waals surface area contributed by atoms with Crippen LogP contribution in [0.3, 0.4) is 0 Å². The number of ether oxygens (including phenoxy) is 1. The molecule has 3 atom stereocenters. The van der Waals surface area contributed by atoms with Crippen molar-refractivity contribution in [3.05, 3.63) is 71.3 Å². The van der Waals surface area contributed by atoms with Gasteiger partial charge in [0, 0.05) is 19.0 Å². The molecule has 2 aliphatic rings. The highest BCUT2D eigenvalue weighted by atomic mass is 19.4. The van der Waals surface area contributed by atoms with Gasteiger partial charge in [0.05, 0.1) is 17.5 Å². The van der Waals surface area contributed by atoms with Crippen molar-refractivity contribution in [2.24, 2.45) is 5.92 Å². The zero-order valence-corrected chi connectivity index (χ0v) is 17.4. The lowest BCUT2D eigenvalue weighted by molar-refractivity contribution is -0.137. The molecule has 174 valence electrons. The summed E-state index contributed by atoms with van der Waals surface area (Å²) >= 11 is 0. The van der Waals surface area contributed by atoms with Gasteiger partial charge in [-0.3, -0.25) is 4.79 Å². The minimum atomic E-state index is -4.51. The number of halogens is 3. The fourth-order valence-corrected chi connectivity index (χ4v) is 4.41. The van der Waals surface area contributed by atoms with Crippen LogP contribution in [-0.4, -0.2) is 58.7 Å². The second-order valence-corrected chi connectivity index (χ2v) is 8.15. The van der Waals surface area contributed by atoms with Gasteiger partial charge in [-0.15, -0.1) is 0 Å². The maximum Gasteiger partial charge on any atom is 0.416 e. The standard InChI is InChI=1S/C23H21F3N2O5/c24-23(25,26)16-8-6-15(7-9-16)18-11-27(21(30)31)12-19(18)20(29)28-17(13-33-22(28)32)10-14-4-2-1-3-5-14/h1-9,17-19H,10-13H2,(H,30,31)/t17-,18+,19-/m1/s1. The molecule has 1 N–H and O–H groups in total. The number of carbonyl (C=O) groups excluding carboxylic acids is 2. The molecule has 0 saturated carbocycles. The number of hydrogen-bond acceptors (Lipinski definition) is 4. The van der Waals surface area contributed by atoms with Gasteiger partial charge in [0.2, 0.25) is 5.91 Å². The van der Waals surface area contributed by atoms with Gasteiger partial charge in [0.25, 0.3) is 0 Å². The normalized spacial score (nSPS) is 23.0. The van der Waals surface area contributed by atoms with Crippen molar-refractivity contribution in [1.29, 1.82) is 0 Å². The van der Waals surface area contributed by atoms with Crippen LogP contribution in [0.5, 0.6) is 0 Å². The molecule has 10 heteroatoms. The Kier molecular flexibility index (Phi) is 6.01. The molecule has 0 aliphatic carbocycles. The van der Waals surface area contributed by atoms with Crippen LogP contribution in [0, 0.1) is 5.92 Å². The summed E-state index contributed by atoms with van der Waals surface area (Å²) in [5.41, 5.74) is 0.460. The summed E-state index contributed by atoms with van der Waals surface area (Å²) in [5, 5.41) is 9.45. The first-order chi connectivity index (χ1) is 15.6. The molecule has 0 unspecified atom stereocenters. The summed E-state index contributed by atoms with van der Waals surface area (Å²) in [5.74, 6) is -2.21. The van der Waals surface area contributed by atoms with Crippen LogP contribution in [0.25, 0.3) is 0 Å². The van der Waals surface area contributed by atoms with Gasteiger partial charge in [0.1, 0.15) is 6.61 Å². The lowest BCUT2D eigenvalue weighted by atomic mass is 9.87. The van der Waals surface area contributed by atoms with Crippen LogP contribution in [0.4, 0.5) is 22.8 Å². The highest BCUT2D eigenvalue weighted by molar-refractivity contribution is 5.96. The number of carbonyl (C=O) groups is 3. The fraction of sp³-hybridized carbons (Fsp3) is 0.348. The van der Waals surface area contributed by atoms with E-state index in [9.17, 15) is 32.7 Å². The summed E-state index contributed by atoms with van der Waals surface area (Å²) in [4.78, 5) is 39.5. The van der Waals surface area contributed by atoms with E-state index in [0.717, 1.165) is 27.5 Å². The van der Waals surface area contributed by atoms with Crippen LogP contribution in [-0.2, 0) is 22.1 Å². The summed E-state index contributed by atoms with van der Waals surface area (Å²) in [6, 6.07) is 13.0. The lowest BCUT2D eigenvalue weighted by Gasteiger charge is -2.25. The van der Waals surface area contributed by atoms with E-state index in [0.29, 0.717) is 12.0 Å². The molecule has 7 nitrogen and oxygen atoms in total. The Morgan fingerprint density at radius 3 is 2.30 bits per heavy atom. The second-order valence-electron chi connectivity index (χ2n) is 8.15. The Hall–Kier alpha value is -3.56. The number of carboxylic acid groups (broad SMARTS) is 1. The molecule has 0 spiro atoms. The maximum absolute atomic E-state index is 13.5. The third kappa shape index (κ3) is 4.64. The van der Waals surface area contributed by atoms with Gasteiger partial charge in [-0.25, -0.2) is 14.5 Å². The zero-order valence-electron chi connectivity index (χ0n) is 17.4. The topological polar surface area (TPSA) is 87.2 Å². The molecule has 2 aromatic carbocycles. The number of cyclic esters (lactones) is 1. The number of likely N-dealkylation sites (tertiary alicyclic amines) is 1. The number of benzene rings is 2. The van der Waals surface area contributed by atoms with E-state index in [-0.39, 0.29) is 19.7 Å². The van der Waals surface area contributed by atoms with Crippen molar-refractivity contribution in [3.8, 4) is 0 Å². The summed E-state index contributed by atoms with van der Waals surface area (Å²) in [6.45, 7) is -0.217. The van der Waals surface area contributed by atoms with Crippen molar-refractivity contribution < 1.29 is 37.4 Å². The van der Waals surface area contributed by atoms with Crippen LogP contribution >= 0.6 is 0 Å². The van der Waals surface area contributed by atoms with Crippen molar-refractivity contribution in [2.75, 3.05) is 19.7 Å². The number of hydrogen-bond donors (Lipinski definition) is 1. The molecule has 2 saturated heterocycles. The predicted octanol–water partition coefficient (Wildman–Crippen LogP) is 3.99. The van der Waals surface area contributed by atoms with E-state index < -0.39 is 47.7 Å². The number of nitrogens with zero attached hydrogens (tertiary/aromatic N) is 2. The second kappa shape index (κ2) is 8.76. The summed E-state index contributed by atoms with van der Waals surface area (Å²) in [6.07, 6.45) is -6.19. The molecule has 33 heavy (non-hydrogen) atoms. The summed E-state index contributed by atoms with van der Waals surface area (Å²) in [7, 11) is 0. The third-order valence-corrected chi connectivity index (χ3v) is 6.09. The maximum atomic E-state index is 13.5. The molecule has 2 heterocycles. The van der Waals surface area contributed by atoms with E-state index in [4.69, 9.17) is 4.74 Å². The van der Waals surface area contributed by atoms with E-state index in [1.165, 1.54) is 12.1 Å². The molecular formula is C23H21F3N2O5. The third-order valence-electron chi connectivity index (χ3n) is 6.09. The molecule has 3 amide bonds. The summed E-state index contributed by atoms with van der Waals surface area (Å²) < 4.78 is 43.9. The molecule has 2 aliphatic heterocycles. The van der Waals surface area contributed by atoms with E-state index in [1.807, 2.05) is 30.3 Å². The van der Waals surface area contributed by atoms with Crippen molar-refractivity contribution in [2.45, 2.75) is 24.6 Å². The molecule has 0 radical (unpaired) electrons. The smallest absolute Gasteiger partial charge is 0.416 e. The highest BCUT2D eigenvalue weighted by Crippen LogP contribution is 2.37. The minimum Gasteiger partial charge on any atom is -0.465 e. The molecule has 0 bridgehead atoms. The van der Waals surface area contributed by atoms with Gasteiger partial charge in [0.15, 0.2) is 0 Å². The first-order valence-electron chi connectivity index (χ1n) is 10.3. The van der Waals surface area contributed by atoms with Crippen LogP contribution in [0.1, 0.15) is 22.6 Å². The number of amides is 3.